The summed E-state index contributed by atoms with van der Waals surface area (Å²) >= 11 is 0. The van der Waals surface area contributed by atoms with Crippen molar-refractivity contribution in [3.05, 3.63) is 35.4 Å². The first-order chi connectivity index (χ1) is 12.0. The van der Waals surface area contributed by atoms with Gasteiger partial charge in [-0.15, -0.1) is 0 Å². The number of aromatic carboxylic acids is 1. The predicted molar refractivity (Wildman–Crippen MR) is 89.2 cm³/mol. The summed E-state index contributed by atoms with van der Waals surface area (Å²) in [5, 5.41) is 17.4. The fourth-order valence-electron chi connectivity index (χ4n) is 3.05. The van der Waals surface area contributed by atoms with Gasteiger partial charge in [0.1, 0.15) is 0 Å². The van der Waals surface area contributed by atoms with Crippen LogP contribution in [0, 0.1) is 0 Å². The van der Waals surface area contributed by atoms with Crippen LogP contribution < -0.4 is 0 Å². The fourth-order valence-corrected chi connectivity index (χ4v) is 3.05. The third kappa shape index (κ3) is 3.55. The molecule has 3 rings (SSSR count). The van der Waals surface area contributed by atoms with Crippen molar-refractivity contribution in [2.24, 2.45) is 7.05 Å². The number of carboxylic acid groups (broad SMARTS) is 1. The van der Waals surface area contributed by atoms with Crippen molar-refractivity contribution in [1.82, 2.24) is 29.4 Å². The van der Waals surface area contributed by atoms with Gasteiger partial charge in [-0.05, 0) is 6.92 Å². The van der Waals surface area contributed by atoms with E-state index in [1.165, 1.54) is 17.9 Å². The maximum Gasteiger partial charge on any atom is 0.354 e. The Hall–Kier alpha value is -2.68. The summed E-state index contributed by atoms with van der Waals surface area (Å²) in [5.74, 6) is -1.42. The molecule has 9 nitrogen and oxygen atoms in total. The SMILES string of the molecule is CCn1cc(CN2CCN(C(=O)c3cnn(C)c3C(=O)O)CC2)cn1. The lowest BCUT2D eigenvalue weighted by atomic mass is 10.2. The number of aromatic nitrogens is 4. The Kier molecular flexibility index (Phi) is 4.84. The summed E-state index contributed by atoms with van der Waals surface area (Å²) in [5.41, 5.74) is 1.23. The van der Waals surface area contributed by atoms with Crippen LogP contribution in [0.25, 0.3) is 0 Å². The van der Waals surface area contributed by atoms with Gasteiger partial charge in [-0.1, -0.05) is 0 Å². The molecule has 0 atom stereocenters. The van der Waals surface area contributed by atoms with E-state index in [4.69, 9.17) is 0 Å². The Morgan fingerprint density at radius 2 is 1.88 bits per heavy atom. The zero-order valence-corrected chi connectivity index (χ0v) is 14.4. The first-order valence-electron chi connectivity index (χ1n) is 8.27. The minimum absolute atomic E-state index is 0.0700. The Morgan fingerprint density at radius 3 is 2.48 bits per heavy atom. The van der Waals surface area contributed by atoms with Crippen LogP contribution >= 0.6 is 0 Å². The molecule has 1 aliphatic rings. The highest BCUT2D eigenvalue weighted by atomic mass is 16.4. The van der Waals surface area contributed by atoms with Crippen molar-refractivity contribution in [3.8, 4) is 0 Å². The molecule has 2 aromatic heterocycles. The zero-order valence-electron chi connectivity index (χ0n) is 14.4. The number of hydrogen-bond donors (Lipinski definition) is 1. The van der Waals surface area contributed by atoms with Crippen molar-refractivity contribution in [2.45, 2.75) is 20.0 Å². The second-order valence-electron chi connectivity index (χ2n) is 6.11. The predicted octanol–water partition coefficient (Wildman–Crippen LogP) is 0.293. The van der Waals surface area contributed by atoms with Gasteiger partial charge in [0.15, 0.2) is 5.69 Å². The molecule has 2 aromatic rings. The second kappa shape index (κ2) is 7.06. The minimum atomic E-state index is -1.14. The molecule has 0 aliphatic carbocycles. The van der Waals surface area contributed by atoms with E-state index in [0.29, 0.717) is 13.1 Å². The van der Waals surface area contributed by atoms with Crippen molar-refractivity contribution >= 4 is 11.9 Å². The van der Waals surface area contributed by atoms with E-state index in [1.807, 2.05) is 24.0 Å². The fraction of sp³-hybridized carbons (Fsp3) is 0.500. The molecule has 1 N–H and O–H groups in total. The summed E-state index contributed by atoms with van der Waals surface area (Å²) in [7, 11) is 1.52. The van der Waals surface area contributed by atoms with Crippen molar-refractivity contribution in [2.75, 3.05) is 26.2 Å². The number of carbonyl (C=O) groups excluding carboxylic acids is 1. The first-order valence-corrected chi connectivity index (χ1v) is 8.27. The van der Waals surface area contributed by atoms with Gasteiger partial charge >= 0.3 is 5.97 Å². The maximum atomic E-state index is 12.6. The molecule has 1 amide bonds. The minimum Gasteiger partial charge on any atom is -0.477 e. The van der Waals surface area contributed by atoms with Crippen LogP contribution in [0.4, 0.5) is 0 Å². The second-order valence-corrected chi connectivity index (χ2v) is 6.11. The molecule has 0 spiro atoms. The van der Waals surface area contributed by atoms with E-state index < -0.39 is 5.97 Å². The average molecular weight is 346 g/mol. The highest BCUT2D eigenvalue weighted by Gasteiger charge is 2.28. The lowest BCUT2D eigenvalue weighted by Gasteiger charge is -2.34. The number of hydrogen-bond acceptors (Lipinski definition) is 5. The molecule has 0 saturated carbocycles. The molecular formula is C16H22N6O3. The van der Waals surface area contributed by atoms with Crippen LogP contribution in [-0.2, 0) is 20.1 Å². The highest BCUT2D eigenvalue weighted by Crippen LogP contribution is 2.14. The highest BCUT2D eigenvalue weighted by molar-refractivity contribution is 6.03. The van der Waals surface area contributed by atoms with Crippen molar-refractivity contribution in [1.29, 1.82) is 0 Å². The Balaban J connectivity index is 1.60. The molecule has 0 aromatic carbocycles. The molecular weight excluding hydrogens is 324 g/mol. The van der Waals surface area contributed by atoms with Crippen molar-refractivity contribution < 1.29 is 14.7 Å². The van der Waals surface area contributed by atoms with Gasteiger partial charge in [0.2, 0.25) is 0 Å². The molecule has 134 valence electrons. The van der Waals surface area contributed by atoms with Gasteiger partial charge in [0.25, 0.3) is 5.91 Å². The molecule has 25 heavy (non-hydrogen) atoms. The summed E-state index contributed by atoms with van der Waals surface area (Å²) in [6, 6.07) is 0. The molecule has 0 unspecified atom stereocenters. The van der Waals surface area contributed by atoms with Crippen LogP contribution in [0.3, 0.4) is 0 Å². The summed E-state index contributed by atoms with van der Waals surface area (Å²) in [4.78, 5) is 27.9. The molecule has 1 aliphatic heterocycles. The normalized spacial score (nSPS) is 15.5. The Morgan fingerprint density at radius 1 is 1.16 bits per heavy atom. The quantitative estimate of drug-likeness (QED) is 0.836. The molecule has 0 bridgehead atoms. The van der Waals surface area contributed by atoms with Gasteiger partial charge in [-0.2, -0.15) is 10.2 Å². The van der Waals surface area contributed by atoms with E-state index in [0.717, 1.165) is 31.7 Å². The summed E-state index contributed by atoms with van der Waals surface area (Å²) < 4.78 is 3.11. The standard InChI is InChI=1S/C16H22N6O3/c1-3-22-11-12(8-18-22)10-20-4-6-21(7-5-20)15(23)13-9-17-19(2)14(13)16(24)25/h8-9,11H,3-7,10H2,1-2H3,(H,24,25). The summed E-state index contributed by atoms with van der Waals surface area (Å²) in [6.45, 7) is 6.31. The van der Waals surface area contributed by atoms with Gasteiger partial charge in [-0.3, -0.25) is 19.1 Å². The number of rotatable bonds is 5. The number of piperazine rings is 1. The Labute approximate surface area is 145 Å². The van der Waals surface area contributed by atoms with Gasteiger partial charge in [0, 0.05) is 58.1 Å². The summed E-state index contributed by atoms with van der Waals surface area (Å²) in [6.07, 6.45) is 5.24. The first kappa shape index (κ1) is 17.2. The molecule has 1 fully saturated rings. The van der Waals surface area contributed by atoms with Crippen LogP contribution in [0.5, 0.6) is 0 Å². The van der Waals surface area contributed by atoms with Crippen molar-refractivity contribution in [3.63, 3.8) is 0 Å². The topological polar surface area (TPSA) is 96.5 Å². The number of amides is 1. The molecule has 0 radical (unpaired) electrons. The monoisotopic (exact) mass is 346 g/mol. The van der Waals surface area contributed by atoms with Crippen LogP contribution in [0.15, 0.2) is 18.6 Å². The lowest BCUT2D eigenvalue weighted by Crippen LogP contribution is -2.48. The number of carbonyl (C=O) groups is 2. The van der Waals surface area contributed by atoms with Crippen LogP contribution in [-0.4, -0.2) is 72.5 Å². The van der Waals surface area contributed by atoms with E-state index in [1.54, 1.807) is 4.90 Å². The Bertz CT molecular complexity index is 773. The number of aryl methyl sites for hydroxylation is 2. The molecule has 1 saturated heterocycles. The van der Waals surface area contributed by atoms with Gasteiger partial charge < -0.3 is 10.0 Å². The van der Waals surface area contributed by atoms with Crippen LogP contribution in [0.1, 0.15) is 33.3 Å². The largest absolute Gasteiger partial charge is 0.477 e. The van der Waals surface area contributed by atoms with E-state index in [2.05, 4.69) is 15.1 Å². The van der Waals surface area contributed by atoms with E-state index in [-0.39, 0.29) is 17.2 Å². The number of carboxylic acids is 1. The lowest BCUT2D eigenvalue weighted by molar-refractivity contribution is 0.0606. The van der Waals surface area contributed by atoms with E-state index >= 15 is 0 Å². The van der Waals surface area contributed by atoms with E-state index in [9.17, 15) is 14.7 Å². The number of nitrogens with zero attached hydrogens (tertiary/aromatic N) is 6. The average Bonchev–Trinajstić information content (AvgIpc) is 3.21. The smallest absolute Gasteiger partial charge is 0.354 e. The van der Waals surface area contributed by atoms with Gasteiger partial charge in [-0.25, -0.2) is 4.79 Å². The maximum absolute atomic E-state index is 12.6. The third-order valence-corrected chi connectivity index (χ3v) is 4.45. The third-order valence-electron chi connectivity index (χ3n) is 4.45. The molecule has 3 heterocycles. The molecule has 9 heteroatoms. The zero-order chi connectivity index (χ0) is 18.0. The van der Waals surface area contributed by atoms with Gasteiger partial charge in [0.05, 0.1) is 18.0 Å². The van der Waals surface area contributed by atoms with Crippen LogP contribution in [0.2, 0.25) is 0 Å².